The molecule has 1 unspecified atom stereocenters. The highest BCUT2D eigenvalue weighted by Crippen LogP contribution is 2.30. The highest BCUT2D eigenvalue weighted by molar-refractivity contribution is 6.30. The Morgan fingerprint density at radius 2 is 2.00 bits per heavy atom. The number of halogens is 1. The van der Waals surface area contributed by atoms with Crippen LogP contribution in [0.3, 0.4) is 0 Å². The molecule has 3 rings (SSSR count). The molecule has 2 heterocycles. The third kappa shape index (κ3) is 2.06. The van der Waals surface area contributed by atoms with Gasteiger partial charge in [0, 0.05) is 11.4 Å². The molecule has 1 aliphatic rings. The van der Waals surface area contributed by atoms with Crippen LogP contribution in [0.15, 0.2) is 52.2 Å². The van der Waals surface area contributed by atoms with E-state index in [1.807, 2.05) is 36.4 Å². The molecule has 0 aliphatic carbocycles. The first kappa shape index (κ1) is 10.4. The van der Waals surface area contributed by atoms with Crippen LogP contribution >= 0.6 is 11.6 Å². The Balaban J connectivity index is 1.76. The first-order valence-corrected chi connectivity index (χ1v) is 5.73. The van der Waals surface area contributed by atoms with E-state index in [0.29, 0.717) is 0 Å². The largest absolute Gasteiger partial charge is 0.463 e. The van der Waals surface area contributed by atoms with Crippen LogP contribution in [0.5, 0.6) is 0 Å². The normalized spacial score (nSPS) is 18.9. The van der Waals surface area contributed by atoms with Gasteiger partial charge in [-0.3, -0.25) is 0 Å². The molecule has 0 N–H and O–H groups in total. The van der Waals surface area contributed by atoms with Gasteiger partial charge in [-0.2, -0.15) is 0 Å². The zero-order valence-electron chi connectivity index (χ0n) is 8.97. The lowest BCUT2D eigenvalue weighted by Crippen LogP contribution is -2.00. The van der Waals surface area contributed by atoms with Crippen molar-refractivity contribution in [2.45, 2.75) is 12.5 Å². The molecular formula is C13H10ClNO2. The molecule has 17 heavy (non-hydrogen) atoms. The Kier molecular flexibility index (Phi) is 2.61. The smallest absolute Gasteiger partial charge is 0.158 e. The predicted molar refractivity (Wildman–Crippen MR) is 65.1 cm³/mol. The van der Waals surface area contributed by atoms with Crippen molar-refractivity contribution in [3.8, 4) is 0 Å². The summed E-state index contributed by atoms with van der Waals surface area (Å²) in [5, 5.41) is 4.77. The second kappa shape index (κ2) is 4.26. The van der Waals surface area contributed by atoms with Gasteiger partial charge in [-0.15, -0.1) is 0 Å². The molecule has 0 spiro atoms. The lowest BCUT2D eigenvalue weighted by molar-refractivity contribution is 0.0857. The fourth-order valence-electron chi connectivity index (χ4n) is 1.82. The van der Waals surface area contributed by atoms with Gasteiger partial charge in [0.1, 0.15) is 5.71 Å². The van der Waals surface area contributed by atoms with Crippen molar-refractivity contribution in [1.29, 1.82) is 0 Å². The number of hydrogen-bond acceptors (Lipinski definition) is 3. The molecule has 0 radical (unpaired) electrons. The Labute approximate surface area is 104 Å². The molecular weight excluding hydrogens is 238 g/mol. The van der Waals surface area contributed by atoms with Crippen LogP contribution in [0.2, 0.25) is 5.02 Å². The predicted octanol–water partition coefficient (Wildman–Crippen LogP) is 3.80. The maximum atomic E-state index is 5.84. The molecule has 1 aliphatic heterocycles. The number of nitrogens with zero attached hydrogens (tertiary/aromatic N) is 1. The lowest BCUT2D eigenvalue weighted by Gasteiger charge is -2.07. The fraction of sp³-hybridized carbons (Fsp3) is 0.154. The highest BCUT2D eigenvalue weighted by Gasteiger charge is 2.25. The van der Waals surface area contributed by atoms with Gasteiger partial charge in [0.15, 0.2) is 11.9 Å². The van der Waals surface area contributed by atoms with Crippen molar-refractivity contribution in [2.75, 3.05) is 0 Å². The average molecular weight is 248 g/mol. The third-order valence-corrected chi connectivity index (χ3v) is 2.97. The summed E-state index contributed by atoms with van der Waals surface area (Å²) in [6.07, 6.45) is 2.30. The summed E-state index contributed by atoms with van der Waals surface area (Å²) in [4.78, 5) is 5.40. The molecule has 0 saturated heterocycles. The van der Waals surface area contributed by atoms with Crippen LogP contribution in [0.4, 0.5) is 0 Å². The number of furan rings is 1. The topological polar surface area (TPSA) is 34.7 Å². The molecule has 0 bridgehead atoms. The number of benzene rings is 1. The molecule has 0 fully saturated rings. The fourth-order valence-corrected chi connectivity index (χ4v) is 1.95. The minimum atomic E-state index is -0.0487. The van der Waals surface area contributed by atoms with Gasteiger partial charge in [0.05, 0.1) is 6.26 Å². The minimum Gasteiger partial charge on any atom is -0.463 e. The van der Waals surface area contributed by atoms with E-state index >= 15 is 0 Å². The Morgan fingerprint density at radius 1 is 1.18 bits per heavy atom. The Morgan fingerprint density at radius 3 is 2.71 bits per heavy atom. The first-order chi connectivity index (χ1) is 8.33. The Hall–Kier alpha value is -1.74. The summed E-state index contributed by atoms with van der Waals surface area (Å²) in [7, 11) is 0. The zero-order valence-corrected chi connectivity index (χ0v) is 9.72. The van der Waals surface area contributed by atoms with Crippen LogP contribution in [0, 0.1) is 0 Å². The van der Waals surface area contributed by atoms with Gasteiger partial charge in [0.2, 0.25) is 0 Å². The Bertz CT molecular complexity index is 531. The average Bonchev–Trinajstić information content (AvgIpc) is 3.00. The summed E-state index contributed by atoms with van der Waals surface area (Å²) in [5.41, 5.74) is 1.91. The third-order valence-electron chi connectivity index (χ3n) is 2.72. The number of rotatable bonds is 2. The molecule has 0 amide bonds. The van der Waals surface area contributed by atoms with Crippen molar-refractivity contribution >= 4 is 17.3 Å². The van der Waals surface area contributed by atoms with E-state index in [-0.39, 0.29) is 6.10 Å². The lowest BCUT2D eigenvalue weighted by atomic mass is 10.0. The van der Waals surface area contributed by atoms with Crippen molar-refractivity contribution in [3.05, 3.63) is 59.0 Å². The SMILES string of the molecule is Clc1ccc(C2CC(c3ccco3)=NO2)cc1. The van der Waals surface area contributed by atoms with Crippen molar-refractivity contribution in [2.24, 2.45) is 5.16 Å². The molecule has 2 aromatic rings. The van der Waals surface area contributed by atoms with Crippen LogP contribution in [0.25, 0.3) is 0 Å². The zero-order chi connectivity index (χ0) is 11.7. The van der Waals surface area contributed by atoms with Crippen LogP contribution < -0.4 is 0 Å². The van der Waals surface area contributed by atoms with Gasteiger partial charge >= 0.3 is 0 Å². The van der Waals surface area contributed by atoms with Crippen molar-refractivity contribution < 1.29 is 9.25 Å². The van der Waals surface area contributed by atoms with E-state index in [9.17, 15) is 0 Å². The quantitative estimate of drug-likeness (QED) is 0.809. The maximum absolute atomic E-state index is 5.84. The monoisotopic (exact) mass is 247 g/mol. The summed E-state index contributed by atoms with van der Waals surface area (Å²) in [5.74, 6) is 0.765. The number of hydrogen-bond donors (Lipinski definition) is 0. The van der Waals surface area contributed by atoms with Gasteiger partial charge in [-0.05, 0) is 29.8 Å². The summed E-state index contributed by atoms with van der Waals surface area (Å²) >= 11 is 5.84. The first-order valence-electron chi connectivity index (χ1n) is 5.35. The van der Waals surface area contributed by atoms with Gasteiger partial charge in [0.25, 0.3) is 0 Å². The molecule has 3 nitrogen and oxygen atoms in total. The van der Waals surface area contributed by atoms with E-state index in [4.69, 9.17) is 20.9 Å². The summed E-state index contributed by atoms with van der Waals surface area (Å²) in [6, 6.07) is 11.3. The number of oxime groups is 1. The van der Waals surface area contributed by atoms with E-state index in [2.05, 4.69) is 5.16 Å². The summed E-state index contributed by atoms with van der Waals surface area (Å²) in [6.45, 7) is 0. The van der Waals surface area contributed by atoms with Crippen LogP contribution in [0.1, 0.15) is 23.8 Å². The standard InChI is InChI=1S/C13H10ClNO2/c14-10-5-3-9(4-6-10)13-8-11(15-17-13)12-2-1-7-16-12/h1-7,13H,8H2. The van der Waals surface area contributed by atoms with E-state index < -0.39 is 0 Å². The van der Waals surface area contributed by atoms with E-state index in [0.717, 1.165) is 28.5 Å². The summed E-state index contributed by atoms with van der Waals surface area (Å²) < 4.78 is 5.29. The molecule has 0 saturated carbocycles. The van der Waals surface area contributed by atoms with Crippen molar-refractivity contribution in [1.82, 2.24) is 0 Å². The minimum absolute atomic E-state index is 0.0487. The second-order valence-corrected chi connectivity index (χ2v) is 4.30. The van der Waals surface area contributed by atoms with Gasteiger partial charge in [-0.1, -0.05) is 28.9 Å². The molecule has 86 valence electrons. The van der Waals surface area contributed by atoms with E-state index in [1.165, 1.54) is 0 Å². The second-order valence-electron chi connectivity index (χ2n) is 3.87. The molecule has 1 aromatic carbocycles. The molecule has 1 atom stereocenters. The highest BCUT2D eigenvalue weighted by atomic mass is 35.5. The maximum Gasteiger partial charge on any atom is 0.158 e. The van der Waals surface area contributed by atoms with Crippen molar-refractivity contribution in [3.63, 3.8) is 0 Å². The van der Waals surface area contributed by atoms with Gasteiger partial charge in [-0.25, -0.2) is 0 Å². The van der Waals surface area contributed by atoms with Crippen LogP contribution in [-0.2, 0) is 4.84 Å². The molecule has 1 aromatic heterocycles. The van der Waals surface area contributed by atoms with Gasteiger partial charge < -0.3 is 9.25 Å². The van der Waals surface area contributed by atoms with E-state index in [1.54, 1.807) is 6.26 Å². The van der Waals surface area contributed by atoms with Crippen LogP contribution in [-0.4, -0.2) is 5.71 Å². The molecule has 4 heteroatoms.